The Balaban J connectivity index is 1.33. The Morgan fingerprint density at radius 2 is 1.35 bits per heavy atom. The summed E-state index contributed by atoms with van der Waals surface area (Å²) < 4.78 is 24.7. The summed E-state index contributed by atoms with van der Waals surface area (Å²) in [5, 5.41) is 15.1. The van der Waals surface area contributed by atoms with Gasteiger partial charge in [-0.25, -0.2) is 0 Å². The molecule has 8 rings (SSSR count). The number of phenols is 1. The van der Waals surface area contributed by atoms with E-state index in [1.54, 1.807) is 18.2 Å². The van der Waals surface area contributed by atoms with E-state index in [1.807, 2.05) is 85.1 Å². The van der Waals surface area contributed by atoms with Gasteiger partial charge in [0.15, 0.2) is 0 Å². The van der Waals surface area contributed by atoms with Crippen LogP contribution in [0.1, 0.15) is 47.7 Å². The monoisotopic (exact) mass is 666 g/mol. The van der Waals surface area contributed by atoms with Gasteiger partial charge >= 0.3 is 0 Å². The summed E-state index contributed by atoms with van der Waals surface area (Å²) >= 11 is 0. The summed E-state index contributed by atoms with van der Waals surface area (Å²) in [7, 11) is 0. The molecule has 1 aliphatic rings. The van der Waals surface area contributed by atoms with Crippen molar-refractivity contribution in [3.8, 4) is 50.4 Å². The molecule has 6 aromatic carbocycles. The van der Waals surface area contributed by atoms with Crippen molar-refractivity contribution in [3.05, 3.63) is 175 Å². The second-order valence-corrected chi connectivity index (χ2v) is 14.1. The van der Waals surface area contributed by atoms with Crippen LogP contribution in [0.5, 0.6) is 5.75 Å². The van der Waals surface area contributed by atoms with Gasteiger partial charge in [-0.05, 0) is 88.6 Å². The second-order valence-electron chi connectivity index (χ2n) is 14.1. The Hall–Kier alpha value is -6.13. The van der Waals surface area contributed by atoms with Crippen LogP contribution in [0.3, 0.4) is 0 Å². The molecule has 0 radical (unpaired) electrons. The molecule has 2 heterocycles. The molecule has 0 aliphatic carbocycles. The molecule has 1 aliphatic heterocycles. The van der Waals surface area contributed by atoms with Crippen molar-refractivity contribution in [2.75, 3.05) is 10.2 Å². The topological polar surface area (TPSA) is 48.4 Å². The Kier molecular flexibility index (Phi) is 7.29. The summed E-state index contributed by atoms with van der Waals surface area (Å²) in [5.41, 5.74) is 12.5. The number of hydrogen-bond acceptors (Lipinski definition) is 4. The summed E-state index contributed by atoms with van der Waals surface area (Å²) in [4.78, 5) is 7.03. The molecule has 0 bridgehead atoms. The van der Waals surface area contributed by atoms with E-state index in [2.05, 4.69) is 85.6 Å². The van der Waals surface area contributed by atoms with Gasteiger partial charge in [-0.2, -0.15) is 0 Å². The zero-order valence-corrected chi connectivity index (χ0v) is 28.9. The van der Waals surface area contributed by atoms with Crippen molar-refractivity contribution in [3.63, 3.8) is 0 Å². The van der Waals surface area contributed by atoms with Gasteiger partial charge in [0.1, 0.15) is 11.9 Å². The average molecular weight is 667 g/mol. The SMILES string of the molecule is [2H]C([2H])([2H])c1ccc(N2c3cccc(-c4cc(-c5cc(-c6ccccc6)ccn5)cc(C(C)(C)C)c4)c3NC2c2ccccc2O)c(-c2ccccc2)c1. The molecule has 250 valence electrons. The van der Waals surface area contributed by atoms with Crippen LogP contribution < -0.4 is 10.2 Å². The highest BCUT2D eigenvalue weighted by atomic mass is 16.3. The van der Waals surface area contributed by atoms with E-state index in [9.17, 15) is 5.11 Å². The van der Waals surface area contributed by atoms with Crippen LogP contribution in [0.2, 0.25) is 0 Å². The number of rotatable bonds is 6. The fourth-order valence-corrected chi connectivity index (χ4v) is 7.04. The van der Waals surface area contributed by atoms with Crippen LogP contribution in [0.25, 0.3) is 44.6 Å². The number of benzene rings is 6. The van der Waals surface area contributed by atoms with Gasteiger partial charge in [-0.1, -0.05) is 129 Å². The molecule has 2 N–H and O–H groups in total. The van der Waals surface area contributed by atoms with E-state index in [0.717, 1.165) is 61.7 Å². The number of para-hydroxylation sites is 2. The first-order chi connectivity index (χ1) is 26.0. The lowest BCUT2D eigenvalue weighted by atomic mass is 9.83. The van der Waals surface area contributed by atoms with Crippen LogP contribution in [0, 0.1) is 6.85 Å². The van der Waals surface area contributed by atoms with Gasteiger partial charge in [0, 0.05) is 32.6 Å². The van der Waals surface area contributed by atoms with E-state index in [1.165, 1.54) is 5.56 Å². The van der Waals surface area contributed by atoms with Crippen molar-refractivity contribution in [1.82, 2.24) is 4.98 Å². The highest BCUT2D eigenvalue weighted by Gasteiger charge is 2.36. The largest absolute Gasteiger partial charge is 0.508 e. The highest BCUT2D eigenvalue weighted by Crippen LogP contribution is 2.53. The number of nitrogens with one attached hydrogen (secondary N) is 1. The van der Waals surface area contributed by atoms with Crippen LogP contribution in [0.4, 0.5) is 17.1 Å². The normalized spacial score (nSPS) is 15.0. The second kappa shape index (κ2) is 13.0. The summed E-state index contributed by atoms with van der Waals surface area (Å²) in [6.45, 7) is 4.39. The highest BCUT2D eigenvalue weighted by molar-refractivity contribution is 5.97. The number of phenolic OH excluding ortho intramolecular Hbond substituents is 1. The van der Waals surface area contributed by atoms with Crippen LogP contribution in [0.15, 0.2) is 158 Å². The lowest BCUT2D eigenvalue weighted by Crippen LogP contribution is -2.24. The first kappa shape index (κ1) is 28.7. The Morgan fingerprint density at radius 1 is 0.627 bits per heavy atom. The summed E-state index contributed by atoms with van der Waals surface area (Å²) in [6.07, 6.45) is 1.37. The molecule has 7 aromatic rings. The Bertz CT molecular complexity index is 2470. The number of aryl methyl sites for hydroxylation is 1. The first-order valence-electron chi connectivity index (χ1n) is 18.8. The first-order valence-corrected chi connectivity index (χ1v) is 17.3. The predicted octanol–water partition coefficient (Wildman–Crippen LogP) is 12.3. The molecule has 1 unspecified atom stereocenters. The fraction of sp³-hybridized carbons (Fsp3) is 0.128. The van der Waals surface area contributed by atoms with Crippen molar-refractivity contribution >= 4 is 17.1 Å². The number of aromatic nitrogens is 1. The number of anilines is 3. The number of pyridine rings is 1. The maximum atomic E-state index is 11.3. The predicted molar refractivity (Wildman–Crippen MR) is 212 cm³/mol. The van der Waals surface area contributed by atoms with Crippen molar-refractivity contribution < 1.29 is 9.22 Å². The maximum absolute atomic E-state index is 11.3. The summed E-state index contributed by atoms with van der Waals surface area (Å²) in [6, 6.07) is 50.1. The lowest BCUT2D eigenvalue weighted by molar-refractivity contribution is 0.464. The van der Waals surface area contributed by atoms with E-state index in [0.29, 0.717) is 5.56 Å². The van der Waals surface area contributed by atoms with E-state index in [4.69, 9.17) is 9.10 Å². The average Bonchev–Trinajstić information content (AvgIpc) is 3.57. The molecular weight excluding hydrogens is 623 g/mol. The van der Waals surface area contributed by atoms with Crippen molar-refractivity contribution in [1.29, 1.82) is 0 Å². The molecule has 0 amide bonds. The molecular formula is C47H41N3O. The molecule has 0 saturated heterocycles. The van der Waals surface area contributed by atoms with Gasteiger partial charge in [-0.3, -0.25) is 4.98 Å². The minimum Gasteiger partial charge on any atom is -0.508 e. The Labute approximate surface area is 304 Å². The van der Waals surface area contributed by atoms with Gasteiger partial charge in [0.25, 0.3) is 0 Å². The molecule has 4 heteroatoms. The van der Waals surface area contributed by atoms with Crippen LogP contribution in [-0.4, -0.2) is 10.1 Å². The number of fused-ring (bicyclic) bond motifs is 1. The molecule has 0 fully saturated rings. The number of aromatic hydroxyl groups is 1. The molecule has 0 saturated carbocycles. The summed E-state index contributed by atoms with van der Waals surface area (Å²) in [5.74, 6) is 0.163. The maximum Gasteiger partial charge on any atom is 0.134 e. The molecule has 0 spiro atoms. The minimum absolute atomic E-state index is 0.146. The molecule has 1 aromatic heterocycles. The zero-order valence-electron chi connectivity index (χ0n) is 31.9. The van der Waals surface area contributed by atoms with E-state index < -0.39 is 13.0 Å². The number of nitrogens with zero attached hydrogens (tertiary/aromatic N) is 2. The minimum atomic E-state index is -2.28. The Morgan fingerprint density at radius 3 is 2.10 bits per heavy atom. The van der Waals surface area contributed by atoms with Gasteiger partial charge in [-0.15, -0.1) is 0 Å². The third kappa shape index (κ3) is 6.15. The third-order valence-corrected chi connectivity index (χ3v) is 9.69. The number of hydrogen-bond donors (Lipinski definition) is 2. The third-order valence-electron chi connectivity index (χ3n) is 9.69. The zero-order chi connectivity index (χ0) is 37.6. The quantitative estimate of drug-likeness (QED) is 0.185. The smallest absolute Gasteiger partial charge is 0.134 e. The standard InChI is InChI=1S/C47H41N3O/c1-31-22-23-42(40(26-31)33-16-9-6-10-17-33)50-43-20-13-19-38(45(43)49-46(50)39-18-11-12-21-44(39)51)35-27-36(29-37(28-35)47(2,3)4)41-30-34(24-25-48-41)32-14-7-5-8-15-32/h5-30,46,49,51H,1-4H3/i1D3. The van der Waals surface area contributed by atoms with Crippen LogP contribution >= 0.6 is 0 Å². The fourth-order valence-electron chi connectivity index (χ4n) is 7.04. The van der Waals surface area contributed by atoms with Gasteiger partial charge < -0.3 is 15.3 Å². The molecule has 4 nitrogen and oxygen atoms in total. The van der Waals surface area contributed by atoms with Gasteiger partial charge in [0.2, 0.25) is 0 Å². The van der Waals surface area contributed by atoms with Gasteiger partial charge in [0.05, 0.1) is 22.8 Å². The van der Waals surface area contributed by atoms with Crippen molar-refractivity contribution in [2.24, 2.45) is 0 Å². The van der Waals surface area contributed by atoms with Crippen LogP contribution in [-0.2, 0) is 5.41 Å². The van der Waals surface area contributed by atoms with Crippen molar-refractivity contribution in [2.45, 2.75) is 39.2 Å². The lowest BCUT2D eigenvalue weighted by Gasteiger charge is -2.30. The molecule has 51 heavy (non-hydrogen) atoms. The van der Waals surface area contributed by atoms with E-state index in [-0.39, 0.29) is 16.7 Å². The molecule has 1 atom stereocenters. The van der Waals surface area contributed by atoms with E-state index >= 15 is 0 Å².